The third-order valence-electron chi connectivity index (χ3n) is 5.37. The van der Waals surface area contributed by atoms with Crippen LogP contribution in [0.1, 0.15) is 23.1 Å². The molecule has 0 saturated carbocycles. The zero-order chi connectivity index (χ0) is 20.8. The molecular formula is C25H27N3OS. The average molecular weight is 418 g/mol. The highest BCUT2D eigenvalue weighted by molar-refractivity contribution is 7.80. The highest BCUT2D eigenvalue weighted by Crippen LogP contribution is 2.24. The van der Waals surface area contributed by atoms with Gasteiger partial charge in [-0.1, -0.05) is 72.9 Å². The topological polar surface area (TPSA) is 28.6 Å². The molecule has 0 aliphatic carbocycles. The molecule has 1 atom stereocenters. The van der Waals surface area contributed by atoms with E-state index in [2.05, 4.69) is 75.4 Å². The molecule has 1 aliphatic rings. The minimum atomic E-state index is 0.0400. The molecule has 30 heavy (non-hydrogen) atoms. The van der Waals surface area contributed by atoms with Crippen LogP contribution < -0.4 is 4.74 Å². The van der Waals surface area contributed by atoms with Gasteiger partial charge in [-0.05, 0) is 29.7 Å². The van der Waals surface area contributed by atoms with Gasteiger partial charge < -0.3 is 9.64 Å². The lowest BCUT2D eigenvalue weighted by molar-refractivity contribution is 0.138. The van der Waals surface area contributed by atoms with E-state index in [-0.39, 0.29) is 6.10 Å². The number of ether oxygens (including phenoxy) is 1. The summed E-state index contributed by atoms with van der Waals surface area (Å²) in [7, 11) is 2.03. The second-order valence-electron chi connectivity index (χ2n) is 7.75. The molecule has 0 N–H and O–H groups in total. The van der Waals surface area contributed by atoms with E-state index in [9.17, 15) is 0 Å². The Bertz CT molecular complexity index is 923. The molecule has 0 spiro atoms. The summed E-state index contributed by atoms with van der Waals surface area (Å²) >= 11 is 5.63. The van der Waals surface area contributed by atoms with E-state index in [1.165, 1.54) is 11.1 Å². The van der Waals surface area contributed by atoms with Gasteiger partial charge in [0.25, 0.3) is 0 Å². The van der Waals surface area contributed by atoms with E-state index < -0.39 is 0 Å². The molecule has 5 heteroatoms. The van der Waals surface area contributed by atoms with E-state index in [1.807, 2.05) is 19.2 Å². The molecule has 0 radical (unpaired) electrons. The number of likely N-dealkylation sites (N-methyl/N-ethyl adjacent to an activating group) is 1. The lowest BCUT2D eigenvalue weighted by Crippen LogP contribution is -2.36. The molecule has 2 heterocycles. The van der Waals surface area contributed by atoms with Crippen LogP contribution in [-0.2, 0) is 13.1 Å². The molecule has 2 aromatic carbocycles. The Morgan fingerprint density at radius 2 is 1.60 bits per heavy atom. The normalized spacial score (nSPS) is 16.1. The molecular weight excluding hydrogens is 390 g/mol. The molecule has 1 aliphatic heterocycles. The van der Waals surface area contributed by atoms with Crippen molar-refractivity contribution in [2.24, 2.45) is 0 Å². The quantitative estimate of drug-likeness (QED) is 0.526. The summed E-state index contributed by atoms with van der Waals surface area (Å²) in [5, 5.41) is 0. The number of aromatic nitrogens is 1. The lowest BCUT2D eigenvalue weighted by atomic mass is 10.1. The summed E-state index contributed by atoms with van der Waals surface area (Å²) in [5.74, 6) is 0.648. The van der Waals surface area contributed by atoms with Gasteiger partial charge >= 0.3 is 0 Å². The van der Waals surface area contributed by atoms with E-state index in [4.69, 9.17) is 17.0 Å². The van der Waals surface area contributed by atoms with Gasteiger partial charge in [-0.15, -0.1) is 0 Å². The Morgan fingerprint density at radius 1 is 0.967 bits per heavy atom. The van der Waals surface area contributed by atoms with Crippen LogP contribution in [0.2, 0.25) is 0 Å². The van der Waals surface area contributed by atoms with Gasteiger partial charge in [0.15, 0.2) is 0 Å². The van der Waals surface area contributed by atoms with Crippen LogP contribution in [0.3, 0.4) is 0 Å². The second kappa shape index (κ2) is 9.83. The van der Waals surface area contributed by atoms with E-state index >= 15 is 0 Å². The average Bonchev–Trinajstić information content (AvgIpc) is 2.90. The van der Waals surface area contributed by atoms with Gasteiger partial charge in [0.1, 0.15) is 11.1 Å². The third-order valence-corrected chi connectivity index (χ3v) is 5.90. The zero-order valence-corrected chi connectivity index (χ0v) is 18.1. The van der Waals surface area contributed by atoms with Crippen molar-refractivity contribution in [2.45, 2.75) is 25.6 Å². The highest BCUT2D eigenvalue weighted by Gasteiger charge is 2.25. The smallest absolute Gasteiger partial charge is 0.224 e. The number of hydrogen-bond donors (Lipinski definition) is 0. The number of nitrogens with zero attached hydrogens (tertiary/aromatic N) is 3. The Hall–Kier alpha value is -2.76. The van der Waals surface area contributed by atoms with Crippen LogP contribution in [0.25, 0.3) is 0 Å². The maximum Gasteiger partial charge on any atom is 0.224 e. The molecule has 4 nitrogen and oxygen atoms in total. The van der Waals surface area contributed by atoms with Crippen molar-refractivity contribution in [3.05, 3.63) is 95.7 Å². The van der Waals surface area contributed by atoms with Gasteiger partial charge in [-0.2, -0.15) is 0 Å². The molecule has 154 valence electrons. The molecule has 4 rings (SSSR count). The fraction of sp³-hybridized carbons (Fsp3) is 0.280. The number of rotatable bonds is 7. The standard InChI is InChI=1S/C25H27N3OS/c1-27-19-22(29-24-23(25(27)30)13-8-15-26-24)14-16-28(17-20-9-4-2-5-10-20)18-21-11-6-3-7-12-21/h2-13,15,22H,14,16-19H2,1H3. The predicted octanol–water partition coefficient (Wildman–Crippen LogP) is 4.54. The van der Waals surface area contributed by atoms with Gasteiger partial charge in [0, 0.05) is 32.9 Å². The largest absolute Gasteiger partial charge is 0.472 e. The minimum absolute atomic E-state index is 0.0400. The Balaban J connectivity index is 1.46. The van der Waals surface area contributed by atoms with Crippen LogP contribution >= 0.6 is 12.2 Å². The number of fused-ring (bicyclic) bond motifs is 1. The summed E-state index contributed by atoms with van der Waals surface area (Å²) < 4.78 is 6.28. The molecule has 1 unspecified atom stereocenters. The third kappa shape index (κ3) is 5.23. The van der Waals surface area contributed by atoms with Gasteiger partial charge in [0.2, 0.25) is 5.88 Å². The summed E-state index contributed by atoms with van der Waals surface area (Å²) in [6.45, 7) is 3.51. The second-order valence-corrected chi connectivity index (χ2v) is 8.14. The van der Waals surface area contributed by atoms with Crippen molar-refractivity contribution in [1.82, 2.24) is 14.8 Å². The van der Waals surface area contributed by atoms with Gasteiger partial charge in [-0.3, -0.25) is 4.90 Å². The summed E-state index contributed by atoms with van der Waals surface area (Å²) in [5.41, 5.74) is 3.55. The first-order valence-corrected chi connectivity index (χ1v) is 10.8. The van der Waals surface area contributed by atoms with Crippen LogP contribution in [0.15, 0.2) is 79.0 Å². The fourth-order valence-corrected chi connectivity index (χ4v) is 4.04. The van der Waals surface area contributed by atoms with Crippen LogP contribution in [0.5, 0.6) is 5.88 Å². The Morgan fingerprint density at radius 3 is 2.23 bits per heavy atom. The number of pyridine rings is 1. The Labute approximate surface area is 184 Å². The summed E-state index contributed by atoms with van der Waals surface area (Å²) in [6.07, 6.45) is 2.71. The maximum absolute atomic E-state index is 6.28. The van der Waals surface area contributed by atoms with Gasteiger partial charge in [-0.25, -0.2) is 4.98 Å². The summed E-state index contributed by atoms with van der Waals surface area (Å²) in [6, 6.07) is 25.2. The molecule has 0 saturated heterocycles. The highest BCUT2D eigenvalue weighted by atomic mass is 32.1. The number of thiocarbonyl (C=S) groups is 1. The maximum atomic E-state index is 6.28. The van der Waals surface area contributed by atoms with Crippen molar-refractivity contribution in [3.63, 3.8) is 0 Å². The van der Waals surface area contributed by atoms with Crippen molar-refractivity contribution in [3.8, 4) is 5.88 Å². The minimum Gasteiger partial charge on any atom is -0.472 e. The number of benzene rings is 2. The van der Waals surface area contributed by atoms with Crippen LogP contribution in [0.4, 0.5) is 0 Å². The molecule has 0 amide bonds. The monoisotopic (exact) mass is 417 g/mol. The molecule has 3 aromatic rings. The lowest BCUT2D eigenvalue weighted by Gasteiger charge is -2.26. The van der Waals surface area contributed by atoms with Crippen LogP contribution in [0, 0.1) is 0 Å². The van der Waals surface area contributed by atoms with E-state index in [0.717, 1.165) is 43.2 Å². The van der Waals surface area contributed by atoms with Crippen molar-refractivity contribution < 1.29 is 4.74 Å². The zero-order valence-electron chi connectivity index (χ0n) is 17.3. The predicted molar refractivity (Wildman–Crippen MR) is 125 cm³/mol. The fourth-order valence-electron chi connectivity index (χ4n) is 3.81. The molecule has 0 fully saturated rings. The number of hydrogen-bond acceptors (Lipinski definition) is 4. The van der Waals surface area contributed by atoms with E-state index in [1.54, 1.807) is 6.20 Å². The van der Waals surface area contributed by atoms with Gasteiger partial charge in [0.05, 0.1) is 12.1 Å². The SMILES string of the molecule is CN1CC(CCN(Cc2ccccc2)Cc2ccccc2)Oc2ncccc2C1=S. The van der Waals surface area contributed by atoms with Crippen molar-refractivity contribution in [2.75, 3.05) is 20.1 Å². The first kappa shape index (κ1) is 20.5. The first-order valence-electron chi connectivity index (χ1n) is 10.4. The van der Waals surface area contributed by atoms with Crippen molar-refractivity contribution >= 4 is 17.2 Å². The van der Waals surface area contributed by atoms with Crippen LogP contribution in [-0.4, -0.2) is 46.0 Å². The Kier molecular flexibility index (Phi) is 6.72. The molecule has 1 aromatic heterocycles. The molecule has 0 bridgehead atoms. The summed E-state index contributed by atoms with van der Waals surface area (Å²) in [4.78, 5) is 9.81. The first-order chi connectivity index (χ1) is 14.7. The van der Waals surface area contributed by atoms with E-state index in [0.29, 0.717) is 5.88 Å². The van der Waals surface area contributed by atoms with Crippen molar-refractivity contribution in [1.29, 1.82) is 0 Å².